The number of carbonyl (C=O) groups excluding carboxylic acids is 2. The highest BCUT2D eigenvalue weighted by atomic mass is 16.6. The lowest BCUT2D eigenvalue weighted by molar-refractivity contribution is -0.788. The number of carbonyl (C=O) groups is 2. The quantitative estimate of drug-likeness (QED) is 0.750. The highest BCUT2D eigenvalue weighted by Crippen LogP contribution is 2.65. The van der Waals surface area contributed by atoms with Crippen molar-refractivity contribution < 1.29 is 19.6 Å². The molecule has 0 spiro atoms. The van der Waals surface area contributed by atoms with E-state index >= 15 is 0 Å². The number of piperidine rings is 1. The summed E-state index contributed by atoms with van der Waals surface area (Å²) in [6, 6.07) is 0.115. The Kier molecular flexibility index (Phi) is 3.50. The van der Waals surface area contributed by atoms with Crippen molar-refractivity contribution in [2.24, 2.45) is 10.8 Å². The van der Waals surface area contributed by atoms with Crippen LogP contribution in [0.2, 0.25) is 0 Å². The summed E-state index contributed by atoms with van der Waals surface area (Å²) >= 11 is 0. The van der Waals surface area contributed by atoms with Crippen LogP contribution in [0.1, 0.15) is 74.1 Å². The van der Waals surface area contributed by atoms with Crippen molar-refractivity contribution in [3.63, 3.8) is 0 Å². The Hall–Kier alpha value is -1.10. The van der Waals surface area contributed by atoms with Crippen LogP contribution in [0, 0.1) is 10.8 Å². The summed E-state index contributed by atoms with van der Waals surface area (Å²) in [5.74, 6) is -0.313. The number of fused-ring (bicyclic) bond motifs is 2. The molecule has 2 bridgehead atoms. The van der Waals surface area contributed by atoms with E-state index in [1.165, 1.54) is 0 Å². The number of hydrogen-bond donors (Lipinski definition) is 2. The van der Waals surface area contributed by atoms with Crippen LogP contribution in [-0.4, -0.2) is 34.6 Å². The highest BCUT2D eigenvalue weighted by molar-refractivity contribution is 5.96. The van der Waals surface area contributed by atoms with Gasteiger partial charge in [0.15, 0.2) is 5.60 Å². The third kappa shape index (κ3) is 2.23. The first-order valence-corrected chi connectivity index (χ1v) is 9.16. The predicted molar refractivity (Wildman–Crippen MR) is 91.2 cm³/mol. The smallest absolute Gasteiger partial charge is 0.313 e. The summed E-state index contributed by atoms with van der Waals surface area (Å²) in [6.45, 7) is 14.8. The van der Waals surface area contributed by atoms with Gasteiger partial charge in [0.1, 0.15) is 0 Å². The minimum Gasteiger partial charge on any atom is -0.448 e. The van der Waals surface area contributed by atoms with Crippen molar-refractivity contribution in [1.82, 2.24) is 5.32 Å². The second-order valence-corrected chi connectivity index (χ2v) is 10.4. The number of hydrogen-bond acceptors (Lipinski definition) is 3. The lowest BCUT2D eigenvalue weighted by Crippen LogP contribution is -3.06. The molecule has 0 aromatic heterocycles. The number of ether oxygens (including phenoxy) is 1. The van der Waals surface area contributed by atoms with E-state index in [0.717, 1.165) is 19.3 Å². The number of amides is 1. The Bertz CT molecular complexity index is 579. The molecule has 2 aliphatic heterocycles. The van der Waals surface area contributed by atoms with Crippen LogP contribution in [0.3, 0.4) is 0 Å². The molecular formula is C19H33N2O3+. The summed E-state index contributed by atoms with van der Waals surface area (Å²) < 4.78 is 5.71. The van der Waals surface area contributed by atoms with E-state index in [1.54, 1.807) is 0 Å². The maximum atomic E-state index is 13.2. The molecule has 2 saturated heterocycles. The average Bonchev–Trinajstić information content (AvgIpc) is 2.65. The van der Waals surface area contributed by atoms with Crippen molar-refractivity contribution in [2.75, 3.05) is 0 Å². The normalized spacial score (nSPS) is 39.5. The third-order valence-electron chi connectivity index (χ3n) is 7.11. The van der Waals surface area contributed by atoms with Crippen molar-refractivity contribution in [2.45, 2.75) is 96.9 Å². The zero-order valence-electron chi connectivity index (χ0n) is 16.2. The topological polar surface area (TPSA) is 72.0 Å². The second kappa shape index (κ2) is 4.75. The molecular weight excluding hydrogens is 304 g/mol. The molecule has 0 radical (unpaired) electrons. The number of rotatable bonds is 2. The van der Waals surface area contributed by atoms with Gasteiger partial charge in [-0.05, 0) is 47.5 Å². The Morgan fingerprint density at radius 3 is 2.00 bits per heavy atom. The minimum atomic E-state index is -1.01. The number of quaternary nitrogens is 1. The molecule has 2 heterocycles. The van der Waals surface area contributed by atoms with Crippen LogP contribution in [0.25, 0.3) is 0 Å². The molecule has 0 aromatic carbocycles. The van der Waals surface area contributed by atoms with Gasteiger partial charge in [-0.2, -0.15) is 0 Å². The van der Waals surface area contributed by atoms with Gasteiger partial charge in [-0.15, -0.1) is 0 Å². The number of nitrogens with one attached hydrogen (secondary N) is 1. The van der Waals surface area contributed by atoms with Gasteiger partial charge in [-0.3, -0.25) is 9.59 Å². The van der Waals surface area contributed by atoms with Crippen LogP contribution in [0.15, 0.2) is 0 Å². The van der Waals surface area contributed by atoms with Crippen molar-refractivity contribution in [3.05, 3.63) is 0 Å². The summed E-state index contributed by atoms with van der Waals surface area (Å²) in [4.78, 5) is 25.6. The largest absolute Gasteiger partial charge is 0.448 e. The molecule has 3 fully saturated rings. The van der Waals surface area contributed by atoms with Gasteiger partial charge >= 0.3 is 5.97 Å². The van der Waals surface area contributed by atoms with Crippen LogP contribution in [0.5, 0.6) is 0 Å². The summed E-state index contributed by atoms with van der Waals surface area (Å²) in [5.41, 5.74) is -1.86. The maximum absolute atomic E-state index is 13.2. The first-order chi connectivity index (χ1) is 10.7. The van der Waals surface area contributed by atoms with E-state index in [1.807, 2.05) is 20.8 Å². The van der Waals surface area contributed by atoms with Crippen LogP contribution < -0.4 is 10.6 Å². The van der Waals surface area contributed by atoms with Gasteiger partial charge in [0.25, 0.3) is 5.91 Å². The second-order valence-electron chi connectivity index (χ2n) is 10.4. The molecule has 24 heavy (non-hydrogen) atoms. The molecule has 3 aliphatic rings. The molecule has 2 atom stereocenters. The van der Waals surface area contributed by atoms with E-state index in [-0.39, 0.29) is 29.0 Å². The zero-order valence-corrected chi connectivity index (χ0v) is 16.2. The fourth-order valence-corrected chi connectivity index (χ4v) is 5.67. The summed E-state index contributed by atoms with van der Waals surface area (Å²) in [5, 5.41) is 5.64. The molecule has 1 amide bonds. The van der Waals surface area contributed by atoms with Crippen molar-refractivity contribution in [3.8, 4) is 0 Å². The van der Waals surface area contributed by atoms with Crippen molar-refractivity contribution in [1.29, 1.82) is 0 Å². The SMILES string of the molecule is CC1(C)CC(NC(=O)[C@]23CC[C@@](C)(C(=O)O2)C3(C)C)CC(C)(C)[NH2+]1. The van der Waals surface area contributed by atoms with Gasteiger partial charge in [0.2, 0.25) is 0 Å². The Balaban J connectivity index is 1.82. The first-order valence-electron chi connectivity index (χ1n) is 9.16. The van der Waals surface area contributed by atoms with E-state index in [0.29, 0.717) is 6.42 Å². The first kappa shape index (κ1) is 17.7. The summed E-state index contributed by atoms with van der Waals surface area (Å²) in [7, 11) is 0. The van der Waals surface area contributed by atoms with Crippen LogP contribution in [0.4, 0.5) is 0 Å². The van der Waals surface area contributed by atoms with Crippen LogP contribution >= 0.6 is 0 Å². The molecule has 1 saturated carbocycles. The Morgan fingerprint density at radius 2 is 1.58 bits per heavy atom. The van der Waals surface area contributed by atoms with Gasteiger partial charge in [0, 0.05) is 24.3 Å². The molecule has 1 aliphatic carbocycles. The molecule has 0 unspecified atom stereocenters. The van der Waals surface area contributed by atoms with Crippen molar-refractivity contribution >= 4 is 11.9 Å². The monoisotopic (exact) mass is 337 g/mol. The van der Waals surface area contributed by atoms with E-state index in [2.05, 4.69) is 38.3 Å². The fraction of sp³-hybridized carbons (Fsp3) is 0.895. The molecule has 5 nitrogen and oxygen atoms in total. The standard InChI is InChI=1S/C19H32N2O3/c1-15(2)10-12(11-16(3,4)21-15)20-13(22)19-9-8-18(7,14(23)24-19)17(19,5)6/h12,21H,8-11H2,1-7H3,(H,20,22)/p+1/t18-,19-/m0/s1. The molecule has 5 heteroatoms. The predicted octanol–water partition coefficient (Wildman–Crippen LogP) is 1.51. The molecule has 136 valence electrons. The van der Waals surface area contributed by atoms with Gasteiger partial charge in [-0.25, -0.2) is 0 Å². The van der Waals surface area contributed by atoms with Gasteiger partial charge in [-0.1, -0.05) is 13.8 Å². The van der Waals surface area contributed by atoms with E-state index < -0.39 is 16.4 Å². The van der Waals surface area contributed by atoms with Gasteiger partial charge < -0.3 is 15.4 Å². The maximum Gasteiger partial charge on any atom is 0.313 e. The zero-order chi connectivity index (χ0) is 18.2. The Labute approximate surface area is 145 Å². The molecule has 3 rings (SSSR count). The third-order valence-corrected chi connectivity index (χ3v) is 7.11. The lowest BCUT2D eigenvalue weighted by atomic mass is 9.66. The lowest BCUT2D eigenvalue weighted by Gasteiger charge is -2.44. The minimum absolute atomic E-state index is 0.0867. The number of esters is 1. The fourth-order valence-electron chi connectivity index (χ4n) is 5.67. The molecule has 0 aromatic rings. The van der Waals surface area contributed by atoms with Crippen LogP contribution in [-0.2, 0) is 14.3 Å². The van der Waals surface area contributed by atoms with Gasteiger partial charge in [0.05, 0.1) is 16.5 Å². The molecule has 3 N–H and O–H groups in total. The summed E-state index contributed by atoms with van der Waals surface area (Å²) in [6.07, 6.45) is 3.19. The van der Waals surface area contributed by atoms with E-state index in [9.17, 15) is 9.59 Å². The number of nitrogens with two attached hydrogens (primary N) is 1. The average molecular weight is 337 g/mol. The highest BCUT2D eigenvalue weighted by Gasteiger charge is 2.75. The Morgan fingerprint density at radius 1 is 1.04 bits per heavy atom. The van der Waals surface area contributed by atoms with E-state index in [4.69, 9.17) is 4.74 Å².